The third kappa shape index (κ3) is 4.65. The van der Waals surface area contributed by atoms with Crippen molar-refractivity contribution in [2.24, 2.45) is 0 Å². The van der Waals surface area contributed by atoms with E-state index in [-0.39, 0.29) is 25.0 Å². The van der Waals surface area contributed by atoms with E-state index in [1.165, 1.54) is 18.9 Å². The Morgan fingerprint density at radius 1 is 1.09 bits per heavy atom. The van der Waals surface area contributed by atoms with Gasteiger partial charge in [-0.2, -0.15) is 0 Å². The van der Waals surface area contributed by atoms with E-state index in [0.717, 1.165) is 16.2 Å². The van der Waals surface area contributed by atoms with Crippen molar-refractivity contribution in [1.29, 1.82) is 0 Å². The van der Waals surface area contributed by atoms with E-state index in [1.807, 2.05) is 24.3 Å². The maximum Gasteiger partial charge on any atom is 0.407 e. The number of benzene rings is 1. The van der Waals surface area contributed by atoms with Gasteiger partial charge in [0.25, 0.3) is 0 Å². The first-order chi connectivity index (χ1) is 16.3. The highest BCUT2D eigenvalue weighted by Gasteiger charge is 2.46. The highest BCUT2D eigenvalue weighted by atomic mass is 16.5. The predicted octanol–water partition coefficient (Wildman–Crippen LogP) is 0.847. The van der Waals surface area contributed by atoms with Crippen LogP contribution < -0.4 is 15.4 Å². The molecule has 3 N–H and O–H groups in total. The number of hydrogen-bond acceptors (Lipinski definition) is 6. The summed E-state index contributed by atoms with van der Waals surface area (Å²) in [5.74, 6) is -0.514. The monoisotopic (exact) mass is 474 g/mol. The SMILES string of the molecule is C[C@@H](C(=O)N[C@H]1CCO[C@H]2CC[C@@H](C(=O)N[C@@H]3CCOc4ccccc43)N2C1=O)N(C)C(=O)O. The number of nitrogens with one attached hydrogen (secondary N) is 2. The summed E-state index contributed by atoms with van der Waals surface area (Å²) in [4.78, 5) is 52.7. The normalized spacial score (nSPS) is 26.9. The summed E-state index contributed by atoms with van der Waals surface area (Å²) >= 11 is 0. The molecule has 0 aliphatic carbocycles. The van der Waals surface area contributed by atoms with Crippen LogP contribution >= 0.6 is 0 Å². The molecule has 11 heteroatoms. The van der Waals surface area contributed by atoms with Crippen molar-refractivity contribution in [2.75, 3.05) is 20.3 Å². The summed E-state index contributed by atoms with van der Waals surface area (Å²) in [5, 5.41) is 14.8. The van der Waals surface area contributed by atoms with Crippen molar-refractivity contribution in [3.63, 3.8) is 0 Å². The quantitative estimate of drug-likeness (QED) is 0.575. The van der Waals surface area contributed by atoms with Gasteiger partial charge in [-0.15, -0.1) is 0 Å². The van der Waals surface area contributed by atoms with Gasteiger partial charge in [0.2, 0.25) is 17.7 Å². The van der Waals surface area contributed by atoms with E-state index in [0.29, 0.717) is 25.9 Å². The summed E-state index contributed by atoms with van der Waals surface area (Å²) in [6, 6.07) is 4.73. The first kappa shape index (κ1) is 23.8. The minimum absolute atomic E-state index is 0.220. The Balaban J connectivity index is 1.46. The van der Waals surface area contributed by atoms with Crippen molar-refractivity contribution < 1.29 is 33.8 Å². The number of hydrogen-bond donors (Lipinski definition) is 3. The number of carboxylic acid groups (broad SMARTS) is 1. The lowest BCUT2D eigenvalue weighted by atomic mass is 10.00. The van der Waals surface area contributed by atoms with Gasteiger partial charge in [0.15, 0.2) is 0 Å². The molecule has 0 spiro atoms. The van der Waals surface area contributed by atoms with Crippen LogP contribution in [0.15, 0.2) is 24.3 Å². The number of ether oxygens (including phenoxy) is 2. The van der Waals surface area contributed by atoms with Gasteiger partial charge >= 0.3 is 6.09 Å². The zero-order chi connectivity index (χ0) is 24.4. The van der Waals surface area contributed by atoms with Crippen molar-refractivity contribution in [1.82, 2.24) is 20.4 Å². The lowest BCUT2D eigenvalue weighted by Gasteiger charge is -2.32. The number of para-hydroxylation sites is 1. The average molecular weight is 475 g/mol. The topological polar surface area (TPSA) is 138 Å². The molecule has 3 heterocycles. The number of fused-ring (bicyclic) bond motifs is 2. The molecule has 0 aromatic heterocycles. The molecule has 5 atom stereocenters. The number of carbonyl (C=O) groups is 4. The lowest BCUT2D eigenvalue weighted by Crippen LogP contribution is -2.57. The molecule has 3 aliphatic rings. The van der Waals surface area contributed by atoms with Crippen LogP contribution in [0.25, 0.3) is 0 Å². The standard InChI is InChI=1S/C23H30N4O7/c1-13(26(2)23(31)32)20(28)25-16-10-12-34-19-8-7-17(27(19)22(16)30)21(29)24-15-9-11-33-18-6-4-3-5-14(15)18/h3-6,13,15-17,19H,7-12H2,1-2H3,(H,24,29)(H,25,28)(H,31,32)/t13-,15+,16-,17-,19-/m0/s1. The molecule has 184 valence electrons. The molecule has 11 nitrogen and oxygen atoms in total. The zero-order valence-electron chi connectivity index (χ0n) is 19.2. The second-order valence-corrected chi connectivity index (χ2v) is 8.82. The Kier molecular flexibility index (Phi) is 6.92. The lowest BCUT2D eigenvalue weighted by molar-refractivity contribution is -0.149. The molecule has 0 radical (unpaired) electrons. The van der Waals surface area contributed by atoms with Crippen LogP contribution in [0.1, 0.15) is 44.2 Å². The van der Waals surface area contributed by atoms with Crippen LogP contribution in [0.5, 0.6) is 5.75 Å². The molecule has 1 aromatic rings. The van der Waals surface area contributed by atoms with E-state index >= 15 is 0 Å². The van der Waals surface area contributed by atoms with E-state index in [2.05, 4.69) is 10.6 Å². The van der Waals surface area contributed by atoms with Crippen LogP contribution in [0.4, 0.5) is 4.79 Å². The fourth-order valence-corrected chi connectivity index (χ4v) is 4.65. The molecule has 0 unspecified atom stereocenters. The van der Waals surface area contributed by atoms with Crippen LogP contribution in [-0.4, -0.2) is 83.3 Å². The molecule has 0 bridgehead atoms. The zero-order valence-corrected chi connectivity index (χ0v) is 19.2. The largest absolute Gasteiger partial charge is 0.493 e. The molecule has 2 saturated heterocycles. The Hall–Kier alpha value is -3.34. The van der Waals surface area contributed by atoms with Gasteiger partial charge in [-0.1, -0.05) is 18.2 Å². The summed E-state index contributed by atoms with van der Waals surface area (Å²) in [6.07, 6.45) is 0.0501. The Morgan fingerprint density at radius 3 is 2.59 bits per heavy atom. The minimum Gasteiger partial charge on any atom is -0.493 e. The first-order valence-electron chi connectivity index (χ1n) is 11.5. The number of nitrogens with zero attached hydrogens (tertiary/aromatic N) is 2. The molecular formula is C23H30N4O7. The third-order valence-corrected chi connectivity index (χ3v) is 6.76. The van der Waals surface area contributed by atoms with E-state index in [9.17, 15) is 19.2 Å². The molecular weight excluding hydrogens is 444 g/mol. The first-order valence-corrected chi connectivity index (χ1v) is 11.5. The van der Waals surface area contributed by atoms with Crippen molar-refractivity contribution in [3.8, 4) is 5.75 Å². The van der Waals surface area contributed by atoms with Crippen molar-refractivity contribution in [2.45, 2.75) is 63.0 Å². The smallest absolute Gasteiger partial charge is 0.407 e. The molecule has 2 fully saturated rings. The number of amides is 4. The summed E-state index contributed by atoms with van der Waals surface area (Å²) < 4.78 is 11.5. The van der Waals surface area contributed by atoms with Gasteiger partial charge in [0.1, 0.15) is 30.1 Å². The molecule has 1 aromatic carbocycles. The highest BCUT2D eigenvalue weighted by Crippen LogP contribution is 2.33. The summed E-state index contributed by atoms with van der Waals surface area (Å²) in [7, 11) is 1.29. The van der Waals surface area contributed by atoms with Gasteiger partial charge in [0, 0.05) is 25.5 Å². The van der Waals surface area contributed by atoms with Gasteiger partial charge in [0.05, 0.1) is 19.3 Å². The minimum atomic E-state index is -1.25. The maximum atomic E-state index is 13.4. The molecule has 3 aliphatic heterocycles. The number of rotatable bonds is 5. The Labute approximate surface area is 197 Å². The van der Waals surface area contributed by atoms with E-state index in [4.69, 9.17) is 14.6 Å². The van der Waals surface area contributed by atoms with Crippen LogP contribution in [0.2, 0.25) is 0 Å². The van der Waals surface area contributed by atoms with Crippen LogP contribution in [0.3, 0.4) is 0 Å². The van der Waals surface area contributed by atoms with Crippen molar-refractivity contribution in [3.05, 3.63) is 29.8 Å². The molecule has 4 amide bonds. The van der Waals surface area contributed by atoms with E-state index in [1.54, 1.807) is 0 Å². The Morgan fingerprint density at radius 2 is 1.82 bits per heavy atom. The summed E-state index contributed by atoms with van der Waals surface area (Å²) in [5.41, 5.74) is 0.900. The maximum absolute atomic E-state index is 13.4. The van der Waals surface area contributed by atoms with Gasteiger partial charge in [-0.3, -0.25) is 19.3 Å². The molecule has 4 rings (SSSR count). The Bertz CT molecular complexity index is 970. The second-order valence-electron chi connectivity index (χ2n) is 8.82. The van der Waals surface area contributed by atoms with Crippen LogP contribution in [0, 0.1) is 0 Å². The van der Waals surface area contributed by atoms with Gasteiger partial charge in [-0.05, 0) is 25.8 Å². The van der Waals surface area contributed by atoms with E-state index < -0.39 is 42.3 Å². The number of carbonyl (C=O) groups excluding carboxylic acids is 3. The van der Waals surface area contributed by atoms with Gasteiger partial charge < -0.3 is 30.1 Å². The number of likely N-dealkylation sites (N-methyl/N-ethyl adjacent to an activating group) is 1. The second kappa shape index (κ2) is 9.88. The van der Waals surface area contributed by atoms with Crippen molar-refractivity contribution >= 4 is 23.8 Å². The molecule has 0 saturated carbocycles. The van der Waals surface area contributed by atoms with Crippen LogP contribution in [-0.2, 0) is 19.1 Å². The fourth-order valence-electron chi connectivity index (χ4n) is 4.65. The van der Waals surface area contributed by atoms with Gasteiger partial charge in [-0.25, -0.2) is 4.79 Å². The summed E-state index contributed by atoms with van der Waals surface area (Å²) in [6.45, 7) is 2.17. The molecule has 34 heavy (non-hydrogen) atoms. The average Bonchev–Trinajstić information content (AvgIpc) is 3.19. The third-order valence-electron chi connectivity index (χ3n) is 6.76. The predicted molar refractivity (Wildman–Crippen MR) is 119 cm³/mol. The fraction of sp³-hybridized carbons (Fsp3) is 0.565. The highest BCUT2D eigenvalue weighted by molar-refractivity contribution is 5.94.